The van der Waals surface area contributed by atoms with Crippen LogP contribution in [0.25, 0.3) is 0 Å². The molecule has 0 amide bonds. The van der Waals surface area contributed by atoms with E-state index in [-0.39, 0.29) is 16.8 Å². The number of aromatic amines is 1. The standard InChI is InChI=1S/C9H10ClFN6/c1-4(9-14-16-17-15-9)13-8-2-5(10)6(11)3-7(8)12/h2-4,13H,12H2,1H3,(H,14,15,16,17). The molecule has 0 aliphatic rings. The maximum atomic E-state index is 13.1. The number of nitrogen functional groups attached to an aromatic ring is 1. The predicted octanol–water partition coefficient (Wildman–Crippen LogP) is 1.75. The van der Waals surface area contributed by atoms with Gasteiger partial charge in [0.1, 0.15) is 5.82 Å². The summed E-state index contributed by atoms with van der Waals surface area (Å²) in [5.41, 5.74) is 6.45. The number of rotatable bonds is 3. The van der Waals surface area contributed by atoms with Gasteiger partial charge < -0.3 is 11.1 Å². The van der Waals surface area contributed by atoms with E-state index in [4.69, 9.17) is 17.3 Å². The molecule has 90 valence electrons. The number of hydrogen-bond donors (Lipinski definition) is 3. The average molecular weight is 257 g/mol. The normalized spacial score (nSPS) is 12.4. The molecule has 0 saturated carbocycles. The Bertz CT molecular complexity index is 514. The van der Waals surface area contributed by atoms with Crippen molar-refractivity contribution in [1.82, 2.24) is 20.6 Å². The quantitative estimate of drug-likeness (QED) is 0.728. The number of anilines is 2. The largest absolute Gasteiger partial charge is 0.397 e. The molecule has 0 aliphatic carbocycles. The Morgan fingerprint density at radius 2 is 2.29 bits per heavy atom. The van der Waals surface area contributed by atoms with Crippen LogP contribution in [0.2, 0.25) is 5.02 Å². The molecule has 0 radical (unpaired) electrons. The summed E-state index contributed by atoms with van der Waals surface area (Å²) in [6, 6.07) is 2.36. The van der Waals surface area contributed by atoms with Crippen molar-refractivity contribution in [3.05, 3.63) is 28.8 Å². The molecule has 1 aromatic heterocycles. The topological polar surface area (TPSA) is 92.5 Å². The van der Waals surface area contributed by atoms with Crippen molar-refractivity contribution in [2.45, 2.75) is 13.0 Å². The Hall–Kier alpha value is -1.89. The predicted molar refractivity (Wildman–Crippen MR) is 62.0 cm³/mol. The number of nitrogens with zero attached hydrogens (tertiary/aromatic N) is 3. The first-order valence-electron chi connectivity index (χ1n) is 4.82. The van der Waals surface area contributed by atoms with Crippen molar-refractivity contribution in [1.29, 1.82) is 0 Å². The second-order valence-corrected chi connectivity index (χ2v) is 3.90. The number of aromatic nitrogens is 4. The van der Waals surface area contributed by atoms with E-state index in [1.54, 1.807) is 0 Å². The van der Waals surface area contributed by atoms with Crippen LogP contribution in [0.5, 0.6) is 0 Å². The lowest BCUT2D eigenvalue weighted by molar-refractivity contribution is 0.629. The average Bonchev–Trinajstić information content (AvgIpc) is 2.79. The van der Waals surface area contributed by atoms with E-state index in [1.165, 1.54) is 6.07 Å². The summed E-state index contributed by atoms with van der Waals surface area (Å²) in [5.74, 6) is -0.0771. The SMILES string of the molecule is CC(Nc1cc(Cl)c(F)cc1N)c1nn[nH]n1. The highest BCUT2D eigenvalue weighted by Gasteiger charge is 2.13. The van der Waals surface area contributed by atoms with E-state index in [9.17, 15) is 4.39 Å². The highest BCUT2D eigenvalue weighted by molar-refractivity contribution is 6.31. The van der Waals surface area contributed by atoms with Gasteiger partial charge in [-0.25, -0.2) is 4.39 Å². The maximum absolute atomic E-state index is 13.1. The van der Waals surface area contributed by atoms with Crippen LogP contribution in [0.1, 0.15) is 18.8 Å². The van der Waals surface area contributed by atoms with E-state index < -0.39 is 5.82 Å². The second-order valence-electron chi connectivity index (χ2n) is 3.49. The van der Waals surface area contributed by atoms with Gasteiger partial charge >= 0.3 is 0 Å². The van der Waals surface area contributed by atoms with Crippen molar-refractivity contribution in [2.75, 3.05) is 11.1 Å². The minimum absolute atomic E-state index is 0.00186. The number of H-pyrrole nitrogens is 1. The van der Waals surface area contributed by atoms with Gasteiger partial charge in [-0.1, -0.05) is 16.8 Å². The fraction of sp³-hybridized carbons (Fsp3) is 0.222. The fourth-order valence-electron chi connectivity index (χ4n) is 1.34. The molecule has 0 aliphatic heterocycles. The molecule has 0 bridgehead atoms. The summed E-state index contributed by atoms with van der Waals surface area (Å²) in [7, 11) is 0. The molecule has 17 heavy (non-hydrogen) atoms. The summed E-state index contributed by atoms with van der Waals surface area (Å²) in [5, 5.41) is 16.5. The second kappa shape index (κ2) is 4.54. The van der Waals surface area contributed by atoms with Gasteiger partial charge in [0, 0.05) is 6.07 Å². The van der Waals surface area contributed by atoms with Crippen LogP contribution in [-0.4, -0.2) is 20.6 Å². The first-order chi connectivity index (χ1) is 8.08. The van der Waals surface area contributed by atoms with Crippen molar-refractivity contribution in [2.24, 2.45) is 0 Å². The van der Waals surface area contributed by atoms with Crippen molar-refractivity contribution in [3.8, 4) is 0 Å². The van der Waals surface area contributed by atoms with Crippen LogP contribution in [0, 0.1) is 5.82 Å². The molecule has 1 heterocycles. The van der Waals surface area contributed by atoms with Gasteiger partial charge in [0.05, 0.1) is 22.4 Å². The Morgan fingerprint density at radius 3 is 2.94 bits per heavy atom. The maximum Gasteiger partial charge on any atom is 0.196 e. The highest BCUT2D eigenvalue weighted by atomic mass is 35.5. The van der Waals surface area contributed by atoms with Crippen LogP contribution in [0.4, 0.5) is 15.8 Å². The van der Waals surface area contributed by atoms with E-state index in [0.717, 1.165) is 6.07 Å². The number of hydrogen-bond acceptors (Lipinski definition) is 5. The smallest absolute Gasteiger partial charge is 0.196 e. The number of nitrogens with two attached hydrogens (primary N) is 1. The van der Waals surface area contributed by atoms with E-state index >= 15 is 0 Å². The molecule has 8 heteroatoms. The van der Waals surface area contributed by atoms with E-state index in [2.05, 4.69) is 25.9 Å². The molecular formula is C9H10ClFN6. The molecule has 4 N–H and O–H groups in total. The van der Waals surface area contributed by atoms with Gasteiger partial charge in [-0.3, -0.25) is 0 Å². The van der Waals surface area contributed by atoms with Crippen molar-refractivity contribution >= 4 is 23.0 Å². The van der Waals surface area contributed by atoms with Gasteiger partial charge in [0.15, 0.2) is 5.82 Å². The molecule has 1 atom stereocenters. The zero-order chi connectivity index (χ0) is 12.4. The number of nitrogens with one attached hydrogen (secondary N) is 2. The fourth-order valence-corrected chi connectivity index (χ4v) is 1.50. The molecule has 6 nitrogen and oxygen atoms in total. The molecule has 1 unspecified atom stereocenters. The summed E-state index contributed by atoms with van der Waals surface area (Å²) in [6.07, 6.45) is 0. The van der Waals surface area contributed by atoms with E-state index in [0.29, 0.717) is 11.5 Å². The first kappa shape index (κ1) is 11.6. The van der Waals surface area contributed by atoms with Gasteiger partial charge in [-0.2, -0.15) is 5.21 Å². The molecule has 2 rings (SSSR count). The third-order valence-corrected chi connectivity index (χ3v) is 2.50. The number of benzene rings is 1. The van der Waals surface area contributed by atoms with Gasteiger partial charge in [0.25, 0.3) is 0 Å². The Balaban J connectivity index is 2.22. The highest BCUT2D eigenvalue weighted by Crippen LogP contribution is 2.28. The molecule has 0 saturated heterocycles. The molecule has 0 spiro atoms. The minimum atomic E-state index is -0.554. The Labute approximate surface area is 101 Å². The van der Waals surface area contributed by atoms with Crippen LogP contribution < -0.4 is 11.1 Å². The molecular weight excluding hydrogens is 247 g/mol. The Kier molecular flexibility index (Phi) is 3.10. The van der Waals surface area contributed by atoms with Crippen molar-refractivity contribution in [3.63, 3.8) is 0 Å². The zero-order valence-corrected chi connectivity index (χ0v) is 9.66. The Morgan fingerprint density at radius 1 is 1.53 bits per heavy atom. The molecule has 2 aromatic rings. The lowest BCUT2D eigenvalue weighted by Gasteiger charge is -2.14. The number of tetrazole rings is 1. The van der Waals surface area contributed by atoms with Crippen LogP contribution in [0.3, 0.4) is 0 Å². The lowest BCUT2D eigenvalue weighted by atomic mass is 10.2. The third kappa shape index (κ3) is 2.44. The van der Waals surface area contributed by atoms with Gasteiger partial charge in [-0.05, 0) is 13.0 Å². The monoisotopic (exact) mass is 256 g/mol. The van der Waals surface area contributed by atoms with Crippen LogP contribution in [0.15, 0.2) is 12.1 Å². The van der Waals surface area contributed by atoms with Gasteiger partial charge in [-0.15, -0.1) is 10.2 Å². The minimum Gasteiger partial charge on any atom is -0.397 e. The van der Waals surface area contributed by atoms with Gasteiger partial charge in [0.2, 0.25) is 0 Å². The summed E-state index contributed by atoms with van der Waals surface area (Å²) >= 11 is 5.67. The summed E-state index contributed by atoms with van der Waals surface area (Å²) in [4.78, 5) is 0. The van der Waals surface area contributed by atoms with Crippen molar-refractivity contribution < 1.29 is 4.39 Å². The van der Waals surface area contributed by atoms with E-state index in [1.807, 2.05) is 6.92 Å². The summed E-state index contributed by atoms with van der Waals surface area (Å²) in [6.45, 7) is 1.82. The first-order valence-corrected chi connectivity index (χ1v) is 5.20. The number of halogens is 2. The van der Waals surface area contributed by atoms with Crippen LogP contribution >= 0.6 is 11.6 Å². The summed E-state index contributed by atoms with van der Waals surface area (Å²) < 4.78 is 13.1. The third-order valence-electron chi connectivity index (χ3n) is 2.21. The zero-order valence-electron chi connectivity index (χ0n) is 8.91. The molecule has 1 aromatic carbocycles. The lowest BCUT2D eigenvalue weighted by Crippen LogP contribution is -2.10. The molecule has 0 fully saturated rings. The van der Waals surface area contributed by atoms with Crippen LogP contribution in [-0.2, 0) is 0 Å².